The van der Waals surface area contributed by atoms with Gasteiger partial charge in [0.2, 0.25) is 0 Å². The van der Waals surface area contributed by atoms with Gasteiger partial charge in [-0.3, -0.25) is 14.9 Å². The predicted octanol–water partition coefficient (Wildman–Crippen LogP) is -0.0797. The lowest BCUT2D eigenvalue weighted by molar-refractivity contribution is -0.380. The first-order valence-corrected chi connectivity index (χ1v) is 4.91. The average Bonchev–Trinajstić information content (AvgIpc) is 2.64. The third kappa shape index (κ3) is 2.95. The van der Waals surface area contributed by atoms with Crippen molar-refractivity contribution in [3.63, 3.8) is 0 Å². The van der Waals surface area contributed by atoms with Gasteiger partial charge < -0.3 is 15.3 Å². The van der Waals surface area contributed by atoms with Crippen molar-refractivity contribution in [3.8, 4) is 0 Å². The van der Waals surface area contributed by atoms with E-state index in [4.69, 9.17) is 5.11 Å². The Balaban J connectivity index is 2.75. The quantitative estimate of drug-likeness (QED) is 0.490. The Morgan fingerprint density at radius 3 is 2.69 bits per heavy atom. The van der Waals surface area contributed by atoms with Crippen molar-refractivity contribution in [2.75, 3.05) is 0 Å². The van der Waals surface area contributed by atoms with Crippen LogP contribution < -0.4 is 0 Å². The van der Waals surface area contributed by atoms with E-state index in [1.165, 1.54) is 0 Å². The number of nitro groups is 1. The molecule has 0 spiro atoms. The van der Waals surface area contributed by atoms with Crippen LogP contribution in [0.4, 0.5) is 5.00 Å². The summed E-state index contributed by atoms with van der Waals surface area (Å²) in [5.41, 5.74) is 0. The Morgan fingerprint density at radius 1 is 1.62 bits per heavy atom. The number of aliphatic hydroxyl groups is 2. The summed E-state index contributed by atoms with van der Waals surface area (Å²) >= 11 is 0.591. The minimum Gasteiger partial charge on any atom is -0.481 e. The summed E-state index contributed by atoms with van der Waals surface area (Å²) in [6.07, 6.45) is -2.79. The van der Waals surface area contributed by atoms with Gasteiger partial charge in [-0.15, -0.1) is 0 Å². The van der Waals surface area contributed by atoms with Gasteiger partial charge in [-0.2, -0.15) is 0 Å². The SMILES string of the molecule is O=C(O)CC(O)C(O)c1ncc([N+](=O)[O-])s1. The van der Waals surface area contributed by atoms with Crippen molar-refractivity contribution in [1.82, 2.24) is 4.98 Å². The first-order valence-electron chi connectivity index (χ1n) is 4.10. The van der Waals surface area contributed by atoms with Gasteiger partial charge in [0.25, 0.3) is 0 Å². The zero-order chi connectivity index (χ0) is 12.3. The van der Waals surface area contributed by atoms with Crippen LogP contribution in [0.25, 0.3) is 0 Å². The summed E-state index contributed by atoms with van der Waals surface area (Å²) < 4.78 is 0. The molecule has 0 aliphatic rings. The summed E-state index contributed by atoms with van der Waals surface area (Å²) in [5.74, 6) is -1.28. The molecular weight excluding hydrogens is 240 g/mol. The van der Waals surface area contributed by atoms with E-state index in [1.54, 1.807) is 0 Å². The third-order valence-electron chi connectivity index (χ3n) is 1.69. The minimum absolute atomic E-state index is 0.0829. The Morgan fingerprint density at radius 2 is 2.25 bits per heavy atom. The molecule has 0 fully saturated rings. The van der Waals surface area contributed by atoms with Crippen molar-refractivity contribution in [1.29, 1.82) is 0 Å². The zero-order valence-electron chi connectivity index (χ0n) is 7.81. The van der Waals surface area contributed by atoms with Gasteiger partial charge >= 0.3 is 11.0 Å². The van der Waals surface area contributed by atoms with E-state index < -0.39 is 29.5 Å². The number of carboxylic acids is 1. The number of aliphatic carboxylic acids is 1. The number of rotatable bonds is 5. The molecule has 2 atom stereocenters. The van der Waals surface area contributed by atoms with Crippen molar-refractivity contribution in [2.24, 2.45) is 0 Å². The third-order valence-corrected chi connectivity index (χ3v) is 2.71. The van der Waals surface area contributed by atoms with Crippen LogP contribution in [-0.4, -0.2) is 37.3 Å². The molecule has 16 heavy (non-hydrogen) atoms. The summed E-state index contributed by atoms with van der Waals surface area (Å²) in [6, 6.07) is 0. The number of carboxylic acid groups (broad SMARTS) is 1. The largest absolute Gasteiger partial charge is 0.481 e. The molecule has 1 aromatic heterocycles. The predicted molar refractivity (Wildman–Crippen MR) is 52.0 cm³/mol. The van der Waals surface area contributed by atoms with E-state index >= 15 is 0 Å². The summed E-state index contributed by atoms with van der Waals surface area (Å²) in [5, 5.41) is 37.0. The van der Waals surface area contributed by atoms with Crippen LogP contribution in [0.1, 0.15) is 17.5 Å². The van der Waals surface area contributed by atoms with Crippen molar-refractivity contribution < 1.29 is 25.0 Å². The lowest BCUT2D eigenvalue weighted by atomic mass is 10.1. The highest BCUT2D eigenvalue weighted by atomic mass is 32.1. The minimum atomic E-state index is -1.54. The highest BCUT2D eigenvalue weighted by molar-refractivity contribution is 7.14. The van der Waals surface area contributed by atoms with Crippen LogP contribution in [0.2, 0.25) is 0 Å². The monoisotopic (exact) mass is 248 g/mol. The second-order valence-corrected chi connectivity index (χ2v) is 3.94. The van der Waals surface area contributed by atoms with E-state index in [2.05, 4.69) is 4.98 Å². The van der Waals surface area contributed by atoms with E-state index in [-0.39, 0.29) is 10.0 Å². The van der Waals surface area contributed by atoms with Gasteiger partial charge in [0, 0.05) is 0 Å². The molecule has 0 amide bonds. The summed E-state index contributed by atoms with van der Waals surface area (Å²) in [4.78, 5) is 23.4. The number of hydrogen-bond donors (Lipinski definition) is 3. The van der Waals surface area contributed by atoms with Crippen LogP contribution in [-0.2, 0) is 4.79 Å². The van der Waals surface area contributed by atoms with Gasteiger partial charge in [-0.1, -0.05) is 0 Å². The van der Waals surface area contributed by atoms with Gasteiger partial charge in [-0.25, -0.2) is 4.98 Å². The van der Waals surface area contributed by atoms with Crippen LogP contribution in [0, 0.1) is 10.1 Å². The molecule has 1 rings (SSSR count). The molecule has 9 heteroatoms. The standard InChI is InChI=1S/C7H8N2O6S/c10-3(1-5(11)12)6(13)7-8-2-4(16-7)9(14)15/h2-3,6,10,13H,1H2,(H,11,12). The summed E-state index contributed by atoms with van der Waals surface area (Å²) in [7, 11) is 0. The van der Waals surface area contributed by atoms with E-state index in [9.17, 15) is 25.1 Å². The Hall–Kier alpha value is -1.58. The van der Waals surface area contributed by atoms with E-state index in [0.717, 1.165) is 6.20 Å². The van der Waals surface area contributed by atoms with Crippen molar-refractivity contribution in [2.45, 2.75) is 18.6 Å². The second-order valence-electron chi connectivity index (χ2n) is 2.90. The highest BCUT2D eigenvalue weighted by Crippen LogP contribution is 2.28. The lowest BCUT2D eigenvalue weighted by Crippen LogP contribution is -2.21. The lowest BCUT2D eigenvalue weighted by Gasteiger charge is -2.12. The maximum Gasteiger partial charge on any atom is 0.344 e. The van der Waals surface area contributed by atoms with Gasteiger partial charge in [0.1, 0.15) is 17.3 Å². The Labute approximate surface area is 92.9 Å². The van der Waals surface area contributed by atoms with Gasteiger partial charge in [0.05, 0.1) is 17.4 Å². The van der Waals surface area contributed by atoms with Gasteiger partial charge in [0.15, 0.2) is 0 Å². The van der Waals surface area contributed by atoms with Gasteiger partial charge in [-0.05, 0) is 11.3 Å². The maximum absolute atomic E-state index is 10.3. The van der Waals surface area contributed by atoms with E-state index in [1.807, 2.05) is 0 Å². The van der Waals surface area contributed by atoms with Crippen LogP contribution >= 0.6 is 11.3 Å². The summed E-state index contributed by atoms with van der Waals surface area (Å²) in [6.45, 7) is 0. The number of thiazole rings is 1. The molecule has 88 valence electrons. The second kappa shape index (κ2) is 4.96. The molecule has 0 saturated carbocycles. The molecule has 1 heterocycles. The molecule has 3 N–H and O–H groups in total. The number of aliphatic hydroxyl groups excluding tert-OH is 2. The molecule has 0 radical (unpaired) electrons. The fraction of sp³-hybridized carbons (Fsp3) is 0.429. The van der Waals surface area contributed by atoms with Crippen LogP contribution in [0.5, 0.6) is 0 Å². The zero-order valence-corrected chi connectivity index (χ0v) is 8.62. The number of carbonyl (C=O) groups is 1. The highest BCUT2D eigenvalue weighted by Gasteiger charge is 2.25. The fourth-order valence-corrected chi connectivity index (χ4v) is 1.73. The Bertz CT molecular complexity index is 405. The van der Waals surface area contributed by atoms with Crippen molar-refractivity contribution in [3.05, 3.63) is 21.3 Å². The topological polar surface area (TPSA) is 134 Å². The molecular formula is C7H8N2O6S. The maximum atomic E-state index is 10.3. The molecule has 8 nitrogen and oxygen atoms in total. The first kappa shape index (κ1) is 12.5. The molecule has 1 aromatic rings. The van der Waals surface area contributed by atoms with Crippen LogP contribution in [0.3, 0.4) is 0 Å². The first-order chi connectivity index (χ1) is 7.41. The smallest absolute Gasteiger partial charge is 0.344 e. The van der Waals surface area contributed by atoms with Crippen LogP contribution in [0.15, 0.2) is 6.20 Å². The van der Waals surface area contributed by atoms with Crippen molar-refractivity contribution >= 4 is 22.3 Å². The van der Waals surface area contributed by atoms with E-state index in [0.29, 0.717) is 11.3 Å². The molecule has 0 aliphatic carbocycles. The fourth-order valence-electron chi connectivity index (χ4n) is 0.955. The number of hydrogen-bond acceptors (Lipinski definition) is 7. The Kier molecular flexibility index (Phi) is 3.88. The molecule has 2 unspecified atom stereocenters. The normalized spacial score (nSPS) is 14.4. The molecule has 0 aliphatic heterocycles. The number of nitrogens with zero attached hydrogens (tertiary/aromatic N) is 2. The number of aromatic nitrogens is 1. The molecule has 0 bridgehead atoms. The molecule has 0 aromatic carbocycles. The average molecular weight is 248 g/mol. The molecule has 0 saturated heterocycles.